The fraction of sp³-hybridized carbons (Fsp3) is 0.263. The molecule has 156 valence electrons. The lowest BCUT2D eigenvalue weighted by molar-refractivity contribution is 0.0598. The summed E-state index contributed by atoms with van der Waals surface area (Å²) in [6.07, 6.45) is 0. The van der Waals surface area contributed by atoms with E-state index in [1.807, 2.05) is 0 Å². The zero-order valence-electron chi connectivity index (χ0n) is 16.1. The van der Waals surface area contributed by atoms with E-state index >= 15 is 0 Å². The van der Waals surface area contributed by atoms with E-state index in [1.54, 1.807) is 24.3 Å². The molecule has 0 fully saturated rings. The Morgan fingerprint density at radius 2 is 1.45 bits per heavy atom. The van der Waals surface area contributed by atoms with Crippen LogP contribution >= 0.6 is 0 Å². The van der Waals surface area contributed by atoms with E-state index < -0.39 is 22.0 Å². The van der Waals surface area contributed by atoms with Gasteiger partial charge >= 0.3 is 11.9 Å². The van der Waals surface area contributed by atoms with Gasteiger partial charge in [-0.05, 0) is 30.3 Å². The van der Waals surface area contributed by atoms with Crippen LogP contribution in [0.15, 0.2) is 47.4 Å². The van der Waals surface area contributed by atoms with E-state index in [4.69, 9.17) is 9.47 Å². The molecule has 2 aromatic carbocycles. The van der Waals surface area contributed by atoms with Gasteiger partial charge in [0.25, 0.3) is 0 Å². The largest absolute Gasteiger partial charge is 0.493 e. The zero-order valence-corrected chi connectivity index (χ0v) is 16.9. The molecule has 10 heteroatoms. The lowest BCUT2D eigenvalue weighted by Gasteiger charge is -2.12. The SMILES string of the molecule is COC(=O)c1cc(C(=O)OC)cc(S(=O)(=O)NCCOc2ccccc2OC)c1. The number of para-hydroxylation sites is 2. The van der Waals surface area contributed by atoms with Gasteiger partial charge in [0.05, 0.1) is 37.4 Å². The normalized spacial score (nSPS) is 10.9. The molecule has 0 heterocycles. The van der Waals surface area contributed by atoms with Gasteiger partial charge in [0.1, 0.15) is 6.61 Å². The van der Waals surface area contributed by atoms with Crippen molar-refractivity contribution in [1.29, 1.82) is 0 Å². The second-order valence-corrected chi connectivity index (χ2v) is 7.39. The zero-order chi connectivity index (χ0) is 21.4. The van der Waals surface area contributed by atoms with Crippen LogP contribution in [0.1, 0.15) is 20.7 Å². The maximum atomic E-state index is 12.6. The van der Waals surface area contributed by atoms with Crippen molar-refractivity contribution in [3.8, 4) is 11.5 Å². The summed E-state index contributed by atoms with van der Waals surface area (Å²) in [5.41, 5.74) is -0.193. The fourth-order valence-corrected chi connectivity index (χ4v) is 3.47. The Hall–Kier alpha value is -3.11. The number of carbonyl (C=O) groups is 2. The van der Waals surface area contributed by atoms with Gasteiger partial charge in [-0.15, -0.1) is 0 Å². The van der Waals surface area contributed by atoms with Gasteiger partial charge in [0.15, 0.2) is 11.5 Å². The predicted molar refractivity (Wildman–Crippen MR) is 103 cm³/mol. The number of nitrogens with one attached hydrogen (secondary N) is 1. The van der Waals surface area contributed by atoms with Gasteiger partial charge < -0.3 is 18.9 Å². The lowest BCUT2D eigenvalue weighted by atomic mass is 10.1. The highest BCUT2D eigenvalue weighted by Crippen LogP contribution is 2.25. The number of hydrogen-bond acceptors (Lipinski definition) is 8. The number of carbonyl (C=O) groups excluding carboxylic acids is 2. The molecule has 0 radical (unpaired) electrons. The number of rotatable bonds is 9. The summed E-state index contributed by atoms with van der Waals surface area (Å²) in [7, 11) is -0.242. The topological polar surface area (TPSA) is 117 Å². The first-order chi connectivity index (χ1) is 13.8. The van der Waals surface area contributed by atoms with Crippen LogP contribution in [0.3, 0.4) is 0 Å². The van der Waals surface area contributed by atoms with Crippen molar-refractivity contribution in [2.45, 2.75) is 4.90 Å². The Bertz CT molecular complexity index is 953. The van der Waals surface area contributed by atoms with E-state index in [1.165, 1.54) is 13.2 Å². The van der Waals surface area contributed by atoms with E-state index in [0.29, 0.717) is 11.5 Å². The monoisotopic (exact) mass is 423 g/mol. The minimum atomic E-state index is -4.04. The number of esters is 2. The molecule has 0 spiro atoms. The molecule has 0 unspecified atom stereocenters. The number of benzene rings is 2. The Kier molecular flexibility index (Phi) is 7.57. The lowest BCUT2D eigenvalue weighted by Crippen LogP contribution is -2.28. The molecule has 0 aliphatic rings. The van der Waals surface area contributed by atoms with Crippen molar-refractivity contribution < 1.29 is 37.0 Å². The average Bonchev–Trinajstić information content (AvgIpc) is 2.75. The van der Waals surface area contributed by atoms with Crippen molar-refractivity contribution in [2.75, 3.05) is 34.5 Å². The van der Waals surface area contributed by atoms with E-state index in [2.05, 4.69) is 14.2 Å². The number of methoxy groups -OCH3 is 3. The van der Waals surface area contributed by atoms with Crippen LogP contribution in [0.2, 0.25) is 0 Å². The third-order valence-electron chi connectivity index (χ3n) is 3.78. The maximum absolute atomic E-state index is 12.6. The third kappa shape index (κ3) is 5.69. The summed E-state index contributed by atoms with van der Waals surface area (Å²) in [5.74, 6) is -0.586. The molecular weight excluding hydrogens is 402 g/mol. The van der Waals surface area contributed by atoms with E-state index in [-0.39, 0.29) is 29.2 Å². The second-order valence-electron chi connectivity index (χ2n) is 5.63. The van der Waals surface area contributed by atoms with Crippen molar-refractivity contribution >= 4 is 22.0 Å². The van der Waals surface area contributed by atoms with Crippen LogP contribution < -0.4 is 14.2 Å². The second kappa shape index (κ2) is 9.89. The van der Waals surface area contributed by atoms with Crippen molar-refractivity contribution in [2.24, 2.45) is 0 Å². The van der Waals surface area contributed by atoms with Gasteiger partial charge in [-0.25, -0.2) is 22.7 Å². The molecule has 29 heavy (non-hydrogen) atoms. The Balaban J connectivity index is 2.15. The number of sulfonamides is 1. The van der Waals surface area contributed by atoms with Crippen LogP contribution in [-0.2, 0) is 19.5 Å². The summed E-state index contributed by atoms with van der Waals surface area (Å²) < 4.78 is 47.4. The summed E-state index contributed by atoms with van der Waals surface area (Å²) in [6, 6.07) is 10.4. The fourth-order valence-electron chi connectivity index (χ4n) is 2.38. The first-order valence-electron chi connectivity index (χ1n) is 8.39. The predicted octanol–water partition coefficient (Wildman–Crippen LogP) is 1.63. The van der Waals surface area contributed by atoms with Crippen molar-refractivity contribution in [1.82, 2.24) is 4.72 Å². The summed E-state index contributed by atoms with van der Waals surface area (Å²) in [6.45, 7) is -0.0312. The maximum Gasteiger partial charge on any atom is 0.337 e. The van der Waals surface area contributed by atoms with Crippen LogP contribution in [0, 0.1) is 0 Å². The number of ether oxygens (including phenoxy) is 4. The highest BCUT2D eigenvalue weighted by molar-refractivity contribution is 7.89. The van der Waals surface area contributed by atoms with Gasteiger partial charge in [-0.1, -0.05) is 12.1 Å². The standard InChI is InChI=1S/C19H21NO8S/c1-25-16-6-4-5-7-17(16)28-9-8-20-29(23,24)15-11-13(18(21)26-2)10-14(12-15)19(22)27-3/h4-7,10-12,20H,8-9H2,1-3H3. The van der Waals surface area contributed by atoms with Gasteiger partial charge in [-0.3, -0.25) is 0 Å². The quantitative estimate of drug-likeness (QED) is 0.478. The van der Waals surface area contributed by atoms with Gasteiger partial charge in [0, 0.05) is 6.54 Å². The molecule has 0 atom stereocenters. The summed E-state index contributed by atoms with van der Waals surface area (Å²) in [4.78, 5) is 23.3. The molecule has 0 saturated heterocycles. The first-order valence-corrected chi connectivity index (χ1v) is 9.88. The smallest absolute Gasteiger partial charge is 0.337 e. The van der Waals surface area contributed by atoms with Gasteiger partial charge in [0.2, 0.25) is 10.0 Å². The molecule has 9 nitrogen and oxygen atoms in total. The van der Waals surface area contributed by atoms with Crippen LogP contribution in [0.25, 0.3) is 0 Å². The highest BCUT2D eigenvalue weighted by atomic mass is 32.2. The molecule has 2 aromatic rings. The minimum Gasteiger partial charge on any atom is -0.493 e. The minimum absolute atomic E-state index is 0.0279. The molecule has 0 bridgehead atoms. The Labute approximate surface area is 168 Å². The molecule has 0 saturated carbocycles. The molecule has 0 aliphatic carbocycles. The number of hydrogen-bond donors (Lipinski definition) is 1. The summed E-state index contributed by atoms with van der Waals surface area (Å²) in [5, 5.41) is 0. The molecule has 0 aromatic heterocycles. The first kappa shape index (κ1) is 22.2. The average molecular weight is 423 g/mol. The van der Waals surface area contributed by atoms with Crippen LogP contribution in [-0.4, -0.2) is 54.8 Å². The van der Waals surface area contributed by atoms with Crippen LogP contribution in [0.5, 0.6) is 11.5 Å². The van der Waals surface area contributed by atoms with Crippen LogP contribution in [0.4, 0.5) is 0 Å². The molecule has 0 amide bonds. The van der Waals surface area contributed by atoms with E-state index in [0.717, 1.165) is 26.4 Å². The Morgan fingerprint density at radius 3 is 1.97 bits per heavy atom. The molecular formula is C19H21NO8S. The molecule has 0 aliphatic heterocycles. The molecule has 1 N–H and O–H groups in total. The molecule has 2 rings (SSSR count). The third-order valence-corrected chi connectivity index (χ3v) is 5.22. The highest BCUT2D eigenvalue weighted by Gasteiger charge is 2.21. The van der Waals surface area contributed by atoms with Crippen molar-refractivity contribution in [3.63, 3.8) is 0 Å². The Morgan fingerprint density at radius 1 is 0.897 bits per heavy atom. The summed E-state index contributed by atoms with van der Waals surface area (Å²) >= 11 is 0. The van der Waals surface area contributed by atoms with Gasteiger partial charge in [-0.2, -0.15) is 0 Å². The van der Waals surface area contributed by atoms with Crippen molar-refractivity contribution in [3.05, 3.63) is 53.6 Å². The van der Waals surface area contributed by atoms with E-state index in [9.17, 15) is 18.0 Å².